The SMILES string of the molecule is O=C(Nc1ccccc1)c1c(=O)n(-c2ccccc2)nc2ccccc12. The van der Waals surface area contributed by atoms with E-state index in [9.17, 15) is 9.59 Å². The van der Waals surface area contributed by atoms with Gasteiger partial charge in [0.05, 0.1) is 11.2 Å². The number of rotatable bonds is 3. The second-order valence-corrected chi connectivity index (χ2v) is 5.76. The lowest BCUT2D eigenvalue weighted by atomic mass is 10.1. The molecule has 1 aromatic heterocycles. The summed E-state index contributed by atoms with van der Waals surface area (Å²) in [5.41, 5.74) is 1.43. The van der Waals surface area contributed by atoms with Crippen molar-refractivity contribution in [2.24, 2.45) is 0 Å². The van der Waals surface area contributed by atoms with Gasteiger partial charge in [-0.1, -0.05) is 54.6 Å². The molecule has 5 nitrogen and oxygen atoms in total. The lowest BCUT2D eigenvalue weighted by Crippen LogP contribution is -2.30. The van der Waals surface area contributed by atoms with E-state index >= 15 is 0 Å². The van der Waals surface area contributed by atoms with Crippen molar-refractivity contribution >= 4 is 22.5 Å². The van der Waals surface area contributed by atoms with Gasteiger partial charge in [-0.15, -0.1) is 0 Å². The van der Waals surface area contributed by atoms with Gasteiger partial charge >= 0.3 is 0 Å². The van der Waals surface area contributed by atoms with E-state index in [4.69, 9.17) is 0 Å². The minimum atomic E-state index is -0.455. The third kappa shape index (κ3) is 2.86. The molecule has 1 amide bonds. The Labute approximate surface area is 149 Å². The fourth-order valence-corrected chi connectivity index (χ4v) is 2.83. The van der Waals surface area contributed by atoms with Crippen molar-refractivity contribution in [3.8, 4) is 5.69 Å². The van der Waals surface area contributed by atoms with Crippen LogP contribution in [0.2, 0.25) is 0 Å². The number of hydrogen-bond donors (Lipinski definition) is 1. The number of anilines is 1. The van der Waals surface area contributed by atoms with Gasteiger partial charge in [-0.25, -0.2) is 0 Å². The quantitative estimate of drug-likeness (QED) is 0.619. The van der Waals surface area contributed by atoms with E-state index in [-0.39, 0.29) is 5.56 Å². The van der Waals surface area contributed by atoms with Gasteiger partial charge in [-0.3, -0.25) is 9.59 Å². The summed E-state index contributed by atoms with van der Waals surface area (Å²) in [4.78, 5) is 25.9. The van der Waals surface area contributed by atoms with Crippen LogP contribution in [0.15, 0.2) is 89.7 Å². The second kappa shape index (κ2) is 6.64. The molecule has 0 saturated carbocycles. The van der Waals surface area contributed by atoms with Gasteiger partial charge in [-0.2, -0.15) is 9.78 Å². The van der Waals surface area contributed by atoms with E-state index in [2.05, 4.69) is 10.4 Å². The highest BCUT2D eigenvalue weighted by atomic mass is 16.2. The van der Waals surface area contributed by atoms with E-state index < -0.39 is 11.5 Å². The third-order valence-corrected chi connectivity index (χ3v) is 4.05. The van der Waals surface area contributed by atoms with E-state index in [1.807, 2.05) is 42.5 Å². The molecule has 1 heterocycles. The average Bonchev–Trinajstić information content (AvgIpc) is 2.69. The Kier molecular flexibility index (Phi) is 4.03. The third-order valence-electron chi connectivity index (χ3n) is 4.05. The summed E-state index contributed by atoms with van der Waals surface area (Å²) >= 11 is 0. The zero-order valence-corrected chi connectivity index (χ0v) is 13.8. The highest BCUT2D eigenvalue weighted by Gasteiger charge is 2.19. The van der Waals surface area contributed by atoms with Gasteiger partial charge in [0.15, 0.2) is 0 Å². The zero-order chi connectivity index (χ0) is 17.9. The first-order valence-electron chi connectivity index (χ1n) is 8.18. The van der Waals surface area contributed by atoms with Crippen LogP contribution in [0.3, 0.4) is 0 Å². The van der Waals surface area contributed by atoms with Crippen LogP contribution in [0.5, 0.6) is 0 Å². The molecular weight excluding hydrogens is 326 g/mol. The predicted molar refractivity (Wildman–Crippen MR) is 102 cm³/mol. The number of fused-ring (bicyclic) bond motifs is 1. The van der Waals surface area contributed by atoms with E-state index in [1.54, 1.807) is 42.5 Å². The van der Waals surface area contributed by atoms with Crippen molar-refractivity contribution < 1.29 is 4.79 Å². The van der Waals surface area contributed by atoms with Crippen LogP contribution >= 0.6 is 0 Å². The van der Waals surface area contributed by atoms with Crippen molar-refractivity contribution in [3.63, 3.8) is 0 Å². The number of carbonyl (C=O) groups is 1. The number of nitrogens with zero attached hydrogens (tertiary/aromatic N) is 2. The molecule has 26 heavy (non-hydrogen) atoms. The molecule has 0 spiro atoms. The predicted octanol–water partition coefficient (Wildman–Crippen LogP) is 3.64. The summed E-state index contributed by atoms with van der Waals surface area (Å²) < 4.78 is 1.27. The van der Waals surface area contributed by atoms with Crippen molar-refractivity contribution in [1.82, 2.24) is 9.78 Å². The molecule has 0 aliphatic carbocycles. The molecule has 0 bridgehead atoms. The second-order valence-electron chi connectivity index (χ2n) is 5.76. The summed E-state index contributed by atoms with van der Waals surface area (Å²) in [5.74, 6) is -0.454. The molecule has 0 fully saturated rings. The first-order valence-corrected chi connectivity index (χ1v) is 8.18. The molecule has 126 valence electrons. The molecule has 0 aliphatic rings. The molecule has 0 unspecified atom stereocenters. The summed E-state index contributed by atoms with van der Waals surface area (Å²) in [6.07, 6.45) is 0. The maximum Gasteiger partial charge on any atom is 0.285 e. The maximum atomic E-state index is 13.1. The molecule has 0 aliphatic heterocycles. The number of benzene rings is 3. The number of hydrogen-bond acceptors (Lipinski definition) is 3. The molecule has 4 rings (SSSR count). The Hall–Kier alpha value is -3.73. The molecule has 0 atom stereocenters. The Morgan fingerprint density at radius 3 is 2.15 bits per heavy atom. The van der Waals surface area contributed by atoms with Gasteiger partial charge < -0.3 is 5.32 Å². The van der Waals surface area contributed by atoms with Crippen molar-refractivity contribution in [2.45, 2.75) is 0 Å². The van der Waals surface area contributed by atoms with Gasteiger partial charge in [0.1, 0.15) is 5.56 Å². The minimum Gasteiger partial charge on any atom is -0.322 e. The number of para-hydroxylation sites is 2. The molecule has 1 N–H and O–H groups in total. The van der Waals surface area contributed by atoms with Crippen LogP contribution in [0.1, 0.15) is 10.4 Å². The lowest BCUT2D eigenvalue weighted by molar-refractivity contribution is 0.102. The van der Waals surface area contributed by atoms with Gasteiger partial charge in [-0.05, 0) is 30.3 Å². The highest BCUT2D eigenvalue weighted by Crippen LogP contribution is 2.17. The van der Waals surface area contributed by atoms with Gasteiger partial charge in [0.2, 0.25) is 0 Å². The van der Waals surface area contributed by atoms with Crippen LogP contribution in [0.4, 0.5) is 5.69 Å². The number of amides is 1. The Bertz CT molecular complexity index is 1140. The van der Waals surface area contributed by atoms with Crippen LogP contribution < -0.4 is 10.9 Å². The molecule has 0 radical (unpaired) electrons. The van der Waals surface area contributed by atoms with Gasteiger partial charge in [0.25, 0.3) is 11.5 Å². The Morgan fingerprint density at radius 1 is 0.808 bits per heavy atom. The molecule has 0 saturated heterocycles. The fourth-order valence-electron chi connectivity index (χ4n) is 2.83. The number of carbonyl (C=O) groups excluding carboxylic acids is 1. The first kappa shape index (κ1) is 15.8. The van der Waals surface area contributed by atoms with Crippen molar-refractivity contribution in [2.75, 3.05) is 5.32 Å². The van der Waals surface area contributed by atoms with Crippen LogP contribution in [-0.2, 0) is 0 Å². The summed E-state index contributed by atoms with van der Waals surface area (Å²) in [7, 11) is 0. The maximum absolute atomic E-state index is 13.1. The number of nitrogens with one attached hydrogen (secondary N) is 1. The van der Waals surface area contributed by atoms with Crippen LogP contribution in [0, 0.1) is 0 Å². The molecular formula is C21H15N3O2. The standard InChI is InChI=1S/C21H15N3O2/c25-20(22-15-9-3-1-4-10-15)19-17-13-7-8-14-18(17)23-24(21(19)26)16-11-5-2-6-12-16/h1-14H,(H,22,25). The van der Waals surface area contributed by atoms with Crippen molar-refractivity contribution in [1.29, 1.82) is 0 Å². The first-order chi connectivity index (χ1) is 12.7. The smallest absolute Gasteiger partial charge is 0.285 e. The topological polar surface area (TPSA) is 64.0 Å². The van der Waals surface area contributed by atoms with E-state index in [0.29, 0.717) is 22.3 Å². The van der Waals surface area contributed by atoms with Gasteiger partial charge in [0, 0.05) is 11.1 Å². The molecule has 4 aromatic rings. The highest BCUT2D eigenvalue weighted by molar-refractivity contribution is 6.12. The lowest BCUT2D eigenvalue weighted by Gasteiger charge is -2.11. The average molecular weight is 341 g/mol. The minimum absolute atomic E-state index is 0.0725. The van der Waals surface area contributed by atoms with Crippen LogP contribution in [0.25, 0.3) is 16.6 Å². The molecule has 5 heteroatoms. The molecule has 3 aromatic carbocycles. The summed E-state index contributed by atoms with van der Waals surface area (Å²) in [6, 6.07) is 25.3. The Morgan fingerprint density at radius 2 is 1.42 bits per heavy atom. The summed E-state index contributed by atoms with van der Waals surface area (Å²) in [5, 5.41) is 7.74. The van der Waals surface area contributed by atoms with Crippen molar-refractivity contribution in [3.05, 3.63) is 101 Å². The largest absolute Gasteiger partial charge is 0.322 e. The monoisotopic (exact) mass is 341 g/mol. The number of aromatic nitrogens is 2. The van der Waals surface area contributed by atoms with Crippen LogP contribution in [-0.4, -0.2) is 15.7 Å². The zero-order valence-electron chi connectivity index (χ0n) is 13.8. The van der Waals surface area contributed by atoms with E-state index in [0.717, 1.165) is 0 Å². The van der Waals surface area contributed by atoms with E-state index in [1.165, 1.54) is 4.68 Å². The Balaban J connectivity index is 1.91. The summed E-state index contributed by atoms with van der Waals surface area (Å²) in [6.45, 7) is 0. The fraction of sp³-hybridized carbons (Fsp3) is 0. The normalized spacial score (nSPS) is 10.6.